The zero-order chi connectivity index (χ0) is 15.9. The fourth-order valence-electron chi connectivity index (χ4n) is 2.53. The molecule has 120 valence electrons. The molecule has 0 radical (unpaired) electrons. The molecule has 0 aliphatic heterocycles. The lowest BCUT2D eigenvalue weighted by molar-refractivity contribution is -0.124. The van der Waals surface area contributed by atoms with Crippen molar-refractivity contribution in [1.82, 2.24) is 19.8 Å². The third-order valence-electron chi connectivity index (χ3n) is 3.95. The molecular formula is C16H24N4O2. The van der Waals surface area contributed by atoms with Crippen LogP contribution in [0.15, 0.2) is 41.5 Å². The fraction of sp³-hybridized carbons (Fsp3) is 0.500. The van der Waals surface area contributed by atoms with Gasteiger partial charge in [-0.15, -0.1) is 0 Å². The van der Waals surface area contributed by atoms with Gasteiger partial charge in [0.15, 0.2) is 0 Å². The van der Waals surface area contributed by atoms with Crippen molar-refractivity contribution in [2.45, 2.75) is 32.9 Å². The number of nitrogens with one attached hydrogen (secondary N) is 1. The number of hydrogen-bond acceptors (Lipinski definition) is 4. The van der Waals surface area contributed by atoms with E-state index in [4.69, 9.17) is 4.42 Å². The van der Waals surface area contributed by atoms with E-state index in [2.05, 4.69) is 29.0 Å². The summed E-state index contributed by atoms with van der Waals surface area (Å²) in [6.07, 6.45) is 6.78. The topological polar surface area (TPSA) is 63.3 Å². The summed E-state index contributed by atoms with van der Waals surface area (Å²) in [4.78, 5) is 18.5. The Kier molecular flexibility index (Phi) is 5.77. The second-order valence-electron chi connectivity index (χ2n) is 5.18. The van der Waals surface area contributed by atoms with Crippen LogP contribution in [-0.2, 0) is 4.79 Å². The molecule has 6 nitrogen and oxygen atoms in total. The van der Waals surface area contributed by atoms with Crippen LogP contribution in [0.25, 0.3) is 0 Å². The number of carbonyl (C=O) groups excluding carboxylic acids is 1. The van der Waals surface area contributed by atoms with Crippen LogP contribution in [0.1, 0.15) is 38.6 Å². The molecule has 0 fully saturated rings. The molecule has 0 aliphatic rings. The molecule has 1 amide bonds. The lowest BCUT2D eigenvalue weighted by Gasteiger charge is -2.28. The lowest BCUT2D eigenvalue weighted by atomic mass is 10.1. The molecule has 2 rings (SSSR count). The van der Waals surface area contributed by atoms with Crippen molar-refractivity contribution in [3.8, 4) is 0 Å². The average molecular weight is 304 g/mol. The first kappa shape index (κ1) is 16.3. The predicted molar refractivity (Wildman–Crippen MR) is 84.3 cm³/mol. The molecule has 2 atom stereocenters. The number of aromatic nitrogens is 2. The maximum absolute atomic E-state index is 12.3. The number of nitrogens with zero attached hydrogens (tertiary/aromatic N) is 3. The summed E-state index contributed by atoms with van der Waals surface area (Å²) in [5.74, 6) is 0.848. The molecule has 2 aromatic rings. The summed E-state index contributed by atoms with van der Waals surface area (Å²) in [5, 5.41) is 3.02. The molecule has 22 heavy (non-hydrogen) atoms. The van der Waals surface area contributed by atoms with Crippen molar-refractivity contribution in [2.75, 3.05) is 19.6 Å². The van der Waals surface area contributed by atoms with Crippen LogP contribution >= 0.6 is 0 Å². The summed E-state index contributed by atoms with van der Waals surface area (Å²) in [6, 6.07) is 3.59. The summed E-state index contributed by atoms with van der Waals surface area (Å²) in [5.41, 5.74) is 0. The zero-order valence-electron chi connectivity index (χ0n) is 13.4. The maximum atomic E-state index is 12.3. The van der Waals surface area contributed by atoms with E-state index in [0.717, 1.165) is 18.8 Å². The van der Waals surface area contributed by atoms with Gasteiger partial charge in [-0.1, -0.05) is 13.8 Å². The minimum atomic E-state index is -0.281. The van der Waals surface area contributed by atoms with Crippen LogP contribution < -0.4 is 5.32 Å². The van der Waals surface area contributed by atoms with Gasteiger partial charge in [-0.05, 0) is 32.1 Å². The third kappa shape index (κ3) is 3.76. The first-order chi connectivity index (χ1) is 10.7. The van der Waals surface area contributed by atoms with Crippen molar-refractivity contribution in [3.63, 3.8) is 0 Å². The van der Waals surface area contributed by atoms with Crippen molar-refractivity contribution in [2.24, 2.45) is 0 Å². The van der Waals surface area contributed by atoms with E-state index in [-0.39, 0.29) is 18.0 Å². The van der Waals surface area contributed by atoms with Gasteiger partial charge in [0.1, 0.15) is 11.8 Å². The van der Waals surface area contributed by atoms with E-state index in [0.29, 0.717) is 6.54 Å². The Bertz CT molecular complexity index is 547. The smallest absolute Gasteiger partial charge is 0.242 e. The number of amides is 1. The van der Waals surface area contributed by atoms with Crippen molar-refractivity contribution >= 4 is 5.91 Å². The molecule has 2 heterocycles. The van der Waals surface area contributed by atoms with Crippen LogP contribution in [-0.4, -0.2) is 40.0 Å². The molecule has 0 saturated heterocycles. The van der Waals surface area contributed by atoms with Gasteiger partial charge in [0.25, 0.3) is 0 Å². The SMILES string of the molecule is CCN(CC)[C@@H](CNC(=O)[C@H](C)n1ccnc1)c1ccco1. The van der Waals surface area contributed by atoms with Gasteiger partial charge in [0.05, 0.1) is 18.6 Å². The molecule has 0 saturated carbocycles. The Hall–Kier alpha value is -2.08. The highest BCUT2D eigenvalue weighted by Gasteiger charge is 2.22. The molecule has 0 unspecified atom stereocenters. The number of rotatable bonds is 8. The Morgan fingerprint density at radius 3 is 2.77 bits per heavy atom. The van der Waals surface area contributed by atoms with Crippen LogP contribution in [0.5, 0.6) is 0 Å². The second kappa shape index (κ2) is 7.79. The van der Waals surface area contributed by atoms with Gasteiger partial charge < -0.3 is 14.3 Å². The normalized spacial score (nSPS) is 14.0. The van der Waals surface area contributed by atoms with E-state index < -0.39 is 0 Å². The van der Waals surface area contributed by atoms with E-state index in [1.54, 1.807) is 29.6 Å². The quantitative estimate of drug-likeness (QED) is 0.812. The Balaban J connectivity index is 2.00. The first-order valence-corrected chi connectivity index (χ1v) is 7.69. The van der Waals surface area contributed by atoms with Crippen molar-refractivity contribution in [1.29, 1.82) is 0 Å². The van der Waals surface area contributed by atoms with Crippen molar-refractivity contribution in [3.05, 3.63) is 42.9 Å². The molecule has 0 aromatic carbocycles. The Morgan fingerprint density at radius 1 is 1.45 bits per heavy atom. The second-order valence-corrected chi connectivity index (χ2v) is 5.18. The standard InChI is InChI=1S/C16H24N4O2/c1-4-19(5-2)14(15-7-6-10-22-15)11-18-16(21)13(3)20-9-8-17-12-20/h6-10,12-14H,4-5,11H2,1-3H3,(H,18,21)/t13-,14-/m0/s1. The van der Waals surface area contributed by atoms with Gasteiger partial charge in [-0.25, -0.2) is 4.98 Å². The van der Waals surface area contributed by atoms with Crippen LogP contribution in [0.4, 0.5) is 0 Å². The fourth-order valence-corrected chi connectivity index (χ4v) is 2.53. The van der Waals surface area contributed by atoms with Crippen molar-refractivity contribution < 1.29 is 9.21 Å². The first-order valence-electron chi connectivity index (χ1n) is 7.69. The maximum Gasteiger partial charge on any atom is 0.242 e. The lowest BCUT2D eigenvalue weighted by Crippen LogP contribution is -2.40. The summed E-state index contributed by atoms with van der Waals surface area (Å²) in [7, 11) is 0. The minimum absolute atomic E-state index is 0.0262. The highest BCUT2D eigenvalue weighted by molar-refractivity contribution is 5.79. The number of carbonyl (C=O) groups is 1. The monoisotopic (exact) mass is 304 g/mol. The van der Waals surface area contributed by atoms with E-state index in [1.165, 1.54) is 0 Å². The number of likely N-dealkylation sites (N-methyl/N-ethyl adjacent to an activating group) is 1. The molecule has 0 aliphatic carbocycles. The Morgan fingerprint density at radius 2 is 2.23 bits per heavy atom. The number of hydrogen-bond donors (Lipinski definition) is 1. The molecule has 1 N–H and O–H groups in total. The molecule has 0 spiro atoms. The predicted octanol–water partition coefficient (Wildman–Crippen LogP) is 2.24. The minimum Gasteiger partial charge on any atom is -0.468 e. The van der Waals surface area contributed by atoms with E-state index >= 15 is 0 Å². The highest BCUT2D eigenvalue weighted by atomic mass is 16.3. The Labute approximate surface area is 131 Å². The van der Waals surface area contributed by atoms with E-state index in [1.807, 2.05) is 19.1 Å². The molecular weight excluding hydrogens is 280 g/mol. The van der Waals surface area contributed by atoms with Gasteiger partial charge in [-0.2, -0.15) is 0 Å². The third-order valence-corrected chi connectivity index (χ3v) is 3.95. The summed E-state index contributed by atoms with van der Waals surface area (Å²) >= 11 is 0. The van der Waals surface area contributed by atoms with Gasteiger partial charge in [-0.3, -0.25) is 9.69 Å². The van der Waals surface area contributed by atoms with Crippen LogP contribution in [0.3, 0.4) is 0 Å². The molecule has 2 aromatic heterocycles. The zero-order valence-corrected chi connectivity index (χ0v) is 13.4. The largest absolute Gasteiger partial charge is 0.468 e. The highest BCUT2D eigenvalue weighted by Crippen LogP contribution is 2.20. The number of furan rings is 1. The van der Waals surface area contributed by atoms with Gasteiger partial charge in [0.2, 0.25) is 5.91 Å². The molecule has 6 heteroatoms. The average Bonchev–Trinajstić information content (AvgIpc) is 3.23. The van der Waals surface area contributed by atoms with Gasteiger partial charge >= 0.3 is 0 Å². The van der Waals surface area contributed by atoms with Crippen LogP contribution in [0, 0.1) is 0 Å². The number of imidazole rings is 1. The van der Waals surface area contributed by atoms with Gasteiger partial charge in [0, 0.05) is 18.9 Å². The van der Waals surface area contributed by atoms with Crippen LogP contribution in [0.2, 0.25) is 0 Å². The summed E-state index contributed by atoms with van der Waals surface area (Å²) in [6.45, 7) is 8.39. The van der Waals surface area contributed by atoms with E-state index in [9.17, 15) is 4.79 Å². The molecule has 0 bridgehead atoms. The summed E-state index contributed by atoms with van der Waals surface area (Å²) < 4.78 is 7.32.